The first-order chi connectivity index (χ1) is 7.95. The summed E-state index contributed by atoms with van der Waals surface area (Å²) in [5, 5.41) is 0. The predicted molar refractivity (Wildman–Crippen MR) is 74.0 cm³/mol. The molecule has 17 heavy (non-hydrogen) atoms. The topological polar surface area (TPSA) is 17.1 Å². The molecule has 0 saturated carbocycles. The third-order valence-electron chi connectivity index (χ3n) is 3.27. The van der Waals surface area contributed by atoms with Crippen molar-refractivity contribution in [2.75, 3.05) is 0 Å². The number of Topliss-reactive ketones (excluding diaryl/α,β-unsaturated/α-hetero) is 1. The fourth-order valence-electron chi connectivity index (χ4n) is 2.22. The Morgan fingerprint density at radius 2 is 1.94 bits per heavy atom. The number of rotatable bonds is 5. The Labute approximate surface area is 106 Å². The lowest BCUT2D eigenvalue weighted by atomic mass is 9.85. The van der Waals surface area contributed by atoms with Crippen molar-refractivity contribution in [2.24, 2.45) is 5.41 Å². The molecule has 0 fully saturated rings. The van der Waals surface area contributed by atoms with Gasteiger partial charge < -0.3 is 0 Å². The minimum absolute atomic E-state index is 0.00508. The van der Waals surface area contributed by atoms with Gasteiger partial charge in [0.05, 0.1) is 0 Å². The molecule has 0 N–H and O–H groups in total. The zero-order chi connectivity index (χ0) is 12.9. The lowest BCUT2D eigenvalue weighted by Gasteiger charge is -2.18. The molecule has 0 amide bonds. The second-order valence-corrected chi connectivity index (χ2v) is 6.04. The van der Waals surface area contributed by atoms with Gasteiger partial charge in [-0.25, -0.2) is 0 Å². The second-order valence-electron chi connectivity index (χ2n) is 6.04. The van der Waals surface area contributed by atoms with Crippen LogP contribution in [-0.4, -0.2) is 5.78 Å². The minimum Gasteiger partial charge on any atom is -0.294 e. The molecule has 1 nitrogen and oxygen atoms in total. The summed E-state index contributed by atoms with van der Waals surface area (Å²) in [4.78, 5) is 11.9. The number of hydrogen-bond acceptors (Lipinski definition) is 1. The lowest BCUT2D eigenvalue weighted by molar-refractivity contribution is -0.115. The molecule has 0 saturated heterocycles. The van der Waals surface area contributed by atoms with E-state index in [1.54, 1.807) is 0 Å². The predicted octanol–water partition coefficient (Wildman–Crippen LogP) is 4.83. The highest BCUT2D eigenvalue weighted by Crippen LogP contribution is 2.34. The normalized spacial score (nSPS) is 18.9. The highest BCUT2D eigenvalue weighted by Gasteiger charge is 2.28. The van der Waals surface area contributed by atoms with Crippen molar-refractivity contribution < 1.29 is 4.79 Å². The maximum atomic E-state index is 11.9. The molecule has 0 unspecified atom stereocenters. The smallest absolute Gasteiger partial charge is 0.163 e. The van der Waals surface area contributed by atoms with Crippen molar-refractivity contribution in [1.82, 2.24) is 0 Å². The van der Waals surface area contributed by atoms with E-state index in [4.69, 9.17) is 0 Å². The third kappa shape index (κ3) is 4.49. The molecule has 1 heteroatoms. The van der Waals surface area contributed by atoms with Crippen LogP contribution in [0.25, 0.3) is 0 Å². The Balaban J connectivity index is 2.49. The summed E-state index contributed by atoms with van der Waals surface area (Å²) in [6, 6.07) is 0. The maximum absolute atomic E-state index is 11.9. The highest BCUT2D eigenvalue weighted by atomic mass is 16.1. The van der Waals surface area contributed by atoms with E-state index in [0.29, 0.717) is 12.2 Å². The zero-order valence-corrected chi connectivity index (χ0v) is 11.8. The number of carbonyl (C=O) groups is 1. The molecule has 1 aliphatic carbocycles. The van der Waals surface area contributed by atoms with Gasteiger partial charge in [-0.1, -0.05) is 59.1 Å². The van der Waals surface area contributed by atoms with Gasteiger partial charge in [-0.2, -0.15) is 0 Å². The molecule has 1 aliphatic rings. The van der Waals surface area contributed by atoms with E-state index >= 15 is 0 Å². The van der Waals surface area contributed by atoms with Gasteiger partial charge in [0.15, 0.2) is 5.78 Å². The minimum atomic E-state index is -0.00508. The van der Waals surface area contributed by atoms with Crippen molar-refractivity contribution in [3.8, 4) is 0 Å². The van der Waals surface area contributed by atoms with Gasteiger partial charge in [0.2, 0.25) is 0 Å². The molecular weight excluding hydrogens is 208 g/mol. The molecule has 0 radical (unpaired) electrons. The van der Waals surface area contributed by atoms with Crippen LogP contribution in [0, 0.1) is 5.41 Å². The number of ketones is 1. The highest BCUT2D eigenvalue weighted by molar-refractivity contribution is 6.02. The van der Waals surface area contributed by atoms with Gasteiger partial charge in [-0.15, -0.1) is 0 Å². The summed E-state index contributed by atoms with van der Waals surface area (Å²) in [6.45, 7) is 8.56. The first-order valence-electron chi connectivity index (χ1n) is 6.89. The number of carbonyl (C=O) groups excluding carboxylic acids is 1. The van der Waals surface area contributed by atoms with Crippen molar-refractivity contribution in [3.05, 3.63) is 23.3 Å². The second kappa shape index (κ2) is 6.18. The molecule has 0 aromatic carbocycles. The zero-order valence-electron chi connectivity index (χ0n) is 11.8. The summed E-state index contributed by atoms with van der Waals surface area (Å²) in [5.74, 6) is 0.317. The Bertz CT molecular complexity index is 326. The average Bonchev–Trinajstić information content (AvgIpc) is 2.59. The van der Waals surface area contributed by atoms with Crippen LogP contribution in [-0.2, 0) is 4.79 Å². The Hall–Kier alpha value is -0.850. The van der Waals surface area contributed by atoms with Gasteiger partial charge in [-0.05, 0) is 23.8 Å². The van der Waals surface area contributed by atoms with E-state index < -0.39 is 0 Å². The third-order valence-corrected chi connectivity index (χ3v) is 3.27. The molecule has 0 spiro atoms. The molecule has 0 atom stereocenters. The summed E-state index contributed by atoms with van der Waals surface area (Å²) in [5.41, 5.74) is 2.23. The van der Waals surface area contributed by atoms with E-state index in [0.717, 1.165) is 12.0 Å². The fourth-order valence-corrected chi connectivity index (χ4v) is 2.22. The summed E-state index contributed by atoms with van der Waals surface area (Å²) in [6.07, 6.45) is 11.3. The summed E-state index contributed by atoms with van der Waals surface area (Å²) in [7, 11) is 0. The van der Waals surface area contributed by atoms with Crippen molar-refractivity contribution >= 4 is 5.78 Å². The largest absolute Gasteiger partial charge is 0.294 e. The average molecular weight is 234 g/mol. The SMILES string of the molecule is CCCCCC/C=C1\C=C(C(C)(C)C)C(=O)C1. The Morgan fingerprint density at radius 1 is 1.24 bits per heavy atom. The summed E-state index contributed by atoms with van der Waals surface area (Å²) >= 11 is 0. The van der Waals surface area contributed by atoms with Gasteiger partial charge in [0.25, 0.3) is 0 Å². The standard InChI is InChI=1S/C16H26O/c1-5-6-7-8-9-10-13-11-14(15(17)12-13)16(2,3)4/h10-11H,5-9,12H2,1-4H3/b13-10+. The summed E-state index contributed by atoms with van der Waals surface area (Å²) < 4.78 is 0. The van der Waals surface area contributed by atoms with Crippen LogP contribution < -0.4 is 0 Å². The van der Waals surface area contributed by atoms with Gasteiger partial charge >= 0.3 is 0 Å². The van der Waals surface area contributed by atoms with Crippen LogP contribution in [0.2, 0.25) is 0 Å². The van der Waals surface area contributed by atoms with Gasteiger partial charge in [-0.3, -0.25) is 4.79 Å². The molecule has 0 heterocycles. The van der Waals surface area contributed by atoms with Crippen LogP contribution in [0.3, 0.4) is 0 Å². The molecular formula is C16H26O. The fraction of sp³-hybridized carbons (Fsp3) is 0.688. The monoisotopic (exact) mass is 234 g/mol. The van der Waals surface area contributed by atoms with Crippen LogP contribution in [0.5, 0.6) is 0 Å². The number of allylic oxidation sites excluding steroid dienone is 4. The van der Waals surface area contributed by atoms with Crippen molar-refractivity contribution in [3.63, 3.8) is 0 Å². The Morgan fingerprint density at radius 3 is 2.47 bits per heavy atom. The molecule has 96 valence electrons. The van der Waals surface area contributed by atoms with Crippen molar-refractivity contribution in [2.45, 2.75) is 66.2 Å². The molecule has 0 aromatic rings. The van der Waals surface area contributed by atoms with E-state index in [2.05, 4.69) is 39.8 Å². The van der Waals surface area contributed by atoms with E-state index in [1.807, 2.05) is 0 Å². The van der Waals surface area contributed by atoms with E-state index in [1.165, 1.54) is 31.3 Å². The first kappa shape index (κ1) is 14.2. The molecule has 0 aromatic heterocycles. The molecule has 0 aliphatic heterocycles. The first-order valence-corrected chi connectivity index (χ1v) is 6.89. The molecule has 1 rings (SSSR count). The van der Waals surface area contributed by atoms with E-state index in [9.17, 15) is 4.79 Å². The van der Waals surface area contributed by atoms with Crippen LogP contribution >= 0.6 is 0 Å². The van der Waals surface area contributed by atoms with Gasteiger partial charge in [0.1, 0.15) is 0 Å². The van der Waals surface area contributed by atoms with Crippen molar-refractivity contribution in [1.29, 1.82) is 0 Å². The molecule has 0 bridgehead atoms. The van der Waals surface area contributed by atoms with Crippen LogP contribution in [0.4, 0.5) is 0 Å². The lowest BCUT2D eigenvalue weighted by Crippen LogP contribution is -2.14. The van der Waals surface area contributed by atoms with E-state index in [-0.39, 0.29) is 5.41 Å². The van der Waals surface area contributed by atoms with Crippen LogP contribution in [0.1, 0.15) is 66.2 Å². The van der Waals surface area contributed by atoms with Crippen LogP contribution in [0.15, 0.2) is 23.3 Å². The number of unbranched alkanes of at least 4 members (excludes halogenated alkanes) is 4. The maximum Gasteiger partial charge on any atom is 0.163 e. The quantitative estimate of drug-likeness (QED) is 0.623. The van der Waals surface area contributed by atoms with Gasteiger partial charge in [0, 0.05) is 12.0 Å². The number of hydrogen-bond donors (Lipinski definition) is 0. The Kier molecular flexibility index (Phi) is 5.17.